The summed E-state index contributed by atoms with van der Waals surface area (Å²) in [5.41, 5.74) is 4.26. The summed E-state index contributed by atoms with van der Waals surface area (Å²) in [6.45, 7) is 6.36. The molecule has 1 saturated heterocycles. The Hall–Kier alpha value is -3.44. The third kappa shape index (κ3) is 4.37. The number of ether oxygens (including phenoxy) is 1. The summed E-state index contributed by atoms with van der Waals surface area (Å²) in [6.07, 6.45) is 0.392. The maximum Gasteiger partial charge on any atom is 0.256 e. The van der Waals surface area contributed by atoms with Crippen molar-refractivity contribution in [2.24, 2.45) is 0 Å². The van der Waals surface area contributed by atoms with Crippen LogP contribution in [-0.2, 0) is 16.6 Å². The zero-order chi connectivity index (χ0) is 24.6. The van der Waals surface area contributed by atoms with Crippen LogP contribution in [0.25, 0.3) is 0 Å². The molecule has 3 heterocycles. The first-order valence-corrected chi connectivity index (χ1v) is 12.0. The minimum absolute atomic E-state index is 0.0242. The summed E-state index contributed by atoms with van der Waals surface area (Å²) in [5.74, 6) is 0.756. The number of nitrogens with one attached hydrogen (secondary N) is 1. The summed E-state index contributed by atoms with van der Waals surface area (Å²) in [4.78, 5) is 16.7. The molecular weight excluding hydrogens is 450 g/mol. The van der Waals surface area contributed by atoms with Gasteiger partial charge in [0.15, 0.2) is 0 Å². The molecule has 5 rings (SSSR count). The number of benzene rings is 2. The lowest BCUT2D eigenvalue weighted by Gasteiger charge is -2.38. The van der Waals surface area contributed by atoms with Crippen molar-refractivity contribution >= 4 is 17.3 Å². The van der Waals surface area contributed by atoms with Gasteiger partial charge in [0.05, 0.1) is 23.6 Å². The maximum absolute atomic E-state index is 13.0. The van der Waals surface area contributed by atoms with Gasteiger partial charge in [-0.3, -0.25) is 9.69 Å². The van der Waals surface area contributed by atoms with Crippen LogP contribution >= 0.6 is 0 Å². The first kappa shape index (κ1) is 23.3. The number of hydrogen-bond donors (Lipinski definition) is 1. The average molecular weight is 479 g/mol. The zero-order valence-corrected chi connectivity index (χ0v) is 19.5. The molecule has 1 spiro atoms. The summed E-state index contributed by atoms with van der Waals surface area (Å²) in [7, 11) is 0. The molecule has 3 aliphatic rings. The van der Waals surface area contributed by atoms with Gasteiger partial charge < -0.3 is 15.0 Å². The standard InChI is InChI=1S/C27H28F2N4O2/c1-18-2-4-20-15-21(5-7-24(20)33(18)17-25(28)29)35-13-12-32-10-8-27(9-11-32)22-14-19(16-30)3-6-23(22)31-26(27)34/h3,5-7,14-15,25H,1-2,4,8-13,17H2,(H,31,34). The fraction of sp³-hybridized carbons (Fsp3) is 0.407. The van der Waals surface area contributed by atoms with Crippen molar-refractivity contribution in [2.45, 2.75) is 37.5 Å². The van der Waals surface area contributed by atoms with Gasteiger partial charge in [0.2, 0.25) is 5.91 Å². The third-order valence-electron chi connectivity index (χ3n) is 7.46. The van der Waals surface area contributed by atoms with Crippen molar-refractivity contribution in [3.8, 4) is 11.8 Å². The molecule has 0 aromatic heterocycles. The number of anilines is 2. The second-order valence-corrected chi connectivity index (χ2v) is 9.46. The van der Waals surface area contributed by atoms with Crippen LogP contribution in [-0.4, -0.2) is 50.0 Å². The monoisotopic (exact) mass is 478 g/mol. The lowest BCUT2D eigenvalue weighted by molar-refractivity contribution is -0.122. The smallest absolute Gasteiger partial charge is 0.256 e. The predicted octanol–water partition coefficient (Wildman–Crippen LogP) is 4.45. The normalized spacial score (nSPS) is 18.9. The van der Waals surface area contributed by atoms with Crippen molar-refractivity contribution < 1.29 is 18.3 Å². The fourth-order valence-electron chi connectivity index (χ4n) is 5.50. The van der Waals surface area contributed by atoms with Gasteiger partial charge in [0, 0.05) is 23.6 Å². The molecule has 1 N–H and O–H groups in total. The molecule has 3 aliphatic heterocycles. The van der Waals surface area contributed by atoms with Gasteiger partial charge in [-0.25, -0.2) is 8.78 Å². The highest BCUT2D eigenvalue weighted by molar-refractivity contribution is 6.06. The minimum Gasteiger partial charge on any atom is -0.492 e. The predicted molar refractivity (Wildman–Crippen MR) is 130 cm³/mol. The highest BCUT2D eigenvalue weighted by Crippen LogP contribution is 2.45. The van der Waals surface area contributed by atoms with E-state index >= 15 is 0 Å². The summed E-state index contributed by atoms with van der Waals surface area (Å²) in [5, 5.41) is 12.3. The molecule has 0 bridgehead atoms. The van der Waals surface area contributed by atoms with Gasteiger partial charge >= 0.3 is 0 Å². The number of rotatable bonds is 6. The highest BCUT2D eigenvalue weighted by atomic mass is 19.3. The van der Waals surface area contributed by atoms with Crippen molar-refractivity contribution in [1.29, 1.82) is 5.26 Å². The molecule has 0 aliphatic carbocycles. The van der Waals surface area contributed by atoms with E-state index in [-0.39, 0.29) is 12.5 Å². The molecule has 6 nitrogen and oxygen atoms in total. The number of carbonyl (C=O) groups excluding carboxylic acids is 1. The first-order chi connectivity index (χ1) is 16.9. The van der Waals surface area contributed by atoms with Crippen LogP contribution in [0, 0.1) is 11.3 Å². The highest BCUT2D eigenvalue weighted by Gasteiger charge is 2.48. The Labute approximate surface area is 203 Å². The van der Waals surface area contributed by atoms with Gasteiger partial charge in [0.25, 0.3) is 6.43 Å². The van der Waals surface area contributed by atoms with E-state index in [0.29, 0.717) is 31.4 Å². The van der Waals surface area contributed by atoms with E-state index in [2.05, 4.69) is 22.9 Å². The number of likely N-dealkylation sites (tertiary alicyclic amines) is 1. The third-order valence-corrected chi connectivity index (χ3v) is 7.46. The Bertz CT molecular complexity index is 1200. The number of carbonyl (C=O) groups is 1. The molecule has 2 aromatic carbocycles. The van der Waals surface area contributed by atoms with E-state index in [1.54, 1.807) is 11.0 Å². The molecule has 182 valence electrons. The lowest BCUT2D eigenvalue weighted by atomic mass is 9.73. The summed E-state index contributed by atoms with van der Waals surface area (Å²) in [6, 6.07) is 13.2. The number of allylic oxidation sites excluding steroid dienone is 1. The number of hydrogen-bond acceptors (Lipinski definition) is 5. The molecule has 0 radical (unpaired) electrons. The van der Waals surface area contributed by atoms with Gasteiger partial charge in [0.1, 0.15) is 12.4 Å². The Kier molecular flexibility index (Phi) is 6.20. The molecule has 1 amide bonds. The topological polar surface area (TPSA) is 68.6 Å². The Balaban J connectivity index is 1.17. The van der Waals surface area contributed by atoms with E-state index in [0.717, 1.165) is 60.0 Å². The first-order valence-electron chi connectivity index (χ1n) is 12.0. The zero-order valence-electron chi connectivity index (χ0n) is 19.5. The molecule has 2 aromatic rings. The van der Waals surface area contributed by atoms with E-state index in [4.69, 9.17) is 4.74 Å². The van der Waals surface area contributed by atoms with Gasteiger partial charge in [-0.1, -0.05) is 6.58 Å². The number of piperidine rings is 1. The van der Waals surface area contributed by atoms with Crippen molar-refractivity contribution in [1.82, 2.24) is 4.90 Å². The molecule has 0 saturated carbocycles. The summed E-state index contributed by atoms with van der Waals surface area (Å²) < 4.78 is 32.0. The van der Waals surface area contributed by atoms with Crippen molar-refractivity contribution in [2.75, 3.05) is 43.0 Å². The molecule has 1 fully saturated rings. The minimum atomic E-state index is -2.42. The molecule has 0 atom stereocenters. The average Bonchev–Trinajstić information content (AvgIpc) is 3.12. The van der Waals surface area contributed by atoms with Crippen molar-refractivity contribution in [3.05, 3.63) is 65.4 Å². The van der Waals surface area contributed by atoms with Crippen LogP contribution in [0.2, 0.25) is 0 Å². The van der Waals surface area contributed by atoms with Crippen molar-refractivity contribution in [3.63, 3.8) is 0 Å². The van der Waals surface area contributed by atoms with Crippen LogP contribution in [0.1, 0.15) is 36.0 Å². The number of alkyl halides is 2. The molecule has 35 heavy (non-hydrogen) atoms. The number of amides is 1. The number of nitriles is 1. The van der Waals surface area contributed by atoms with Crippen LogP contribution < -0.4 is 15.0 Å². The number of aryl methyl sites for hydroxylation is 1. The van der Waals surface area contributed by atoms with E-state index in [9.17, 15) is 18.8 Å². The van der Waals surface area contributed by atoms with Crippen LogP contribution in [0.5, 0.6) is 5.75 Å². The quantitative estimate of drug-likeness (QED) is 0.664. The maximum atomic E-state index is 13.0. The Morgan fingerprint density at radius 1 is 1.17 bits per heavy atom. The van der Waals surface area contributed by atoms with Gasteiger partial charge in [-0.05, 0) is 86.3 Å². The van der Waals surface area contributed by atoms with Crippen LogP contribution in [0.15, 0.2) is 48.7 Å². The largest absolute Gasteiger partial charge is 0.492 e. The van der Waals surface area contributed by atoms with Gasteiger partial charge in [-0.2, -0.15) is 5.26 Å². The molecule has 8 heteroatoms. The number of nitrogens with zero attached hydrogens (tertiary/aromatic N) is 3. The van der Waals surface area contributed by atoms with Gasteiger partial charge in [-0.15, -0.1) is 0 Å². The van der Waals surface area contributed by atoms with E-state index in [1.165, 1.54) is 0 Å². The fourth-order valence-corrected chi connectivity index (χ4v) is 5.50. The second kappa shape index (κ2) is 9.31. The molecular formula is C27H28F2N4O2. The number of halogens is 2. The molecule has 0 unspecified atom stereocenters. The van der Waals surface area contributed by atoms with E-state index < -0.39 is 11.8 Å². The summed E-state index contributed by atoms with van der Waals surface area (Å²) >= 11 is 0. The lowest BCUT2D eigenvalue weighted by Crippen LogP contribution is -2.47. The SMILES string of the molecule is C=C1CCc2cc(OCCN3CCC4(CC3)C(=O)Nc3ccc(C#N)cc34)ccc2N1CC(F)F. The Morgan fingerprint density at radius 2 is 1.97 bits per heavy atom. The van der Waals surface area contributed by atoms with Crippen LogP contribution in [0.4, 0.5) is 20.2 Å². The Morgan fingerprint density at radius 3 is 2.71 bits per heavy atom. The van der Waals surface area contributed by atoms with Crippen LogP contribution in [0.3, 0.4) is 0 Å². The van der Waals surface area contributed by atoms with E-state index in [1.807, 2.05) is 30.3 Å². The number of fused-ring (bicyclic) bond motifs is 3. The second-order valence-electron chi connectivity index (χ2n) is 9.46.